The quantitative estimate of drug-likeness (QED) is 0.165. The van der Waals surface area contributed by atoms with Crippen molar-refractivity contribution in [1.82, 2.24) is 0 Å². The standard InChI is InChI=1S/C50H36S/c1-33-17-21-37(22-18-33)49-46-28-26-40(32-48(46)51-50(49)38-23-19-34(2)20-24-38)41-29-30-44(43-16-10-9-15-42(41)43)45-27-25-39(35-11-5-3-6-12-35)31-47(45)36-13-7-4-8-14-36/h3-32H,1-2H3. The van der Waals surface area contributed by atoms with Gasteiger partial charge in [-0.15, -0.1) is 11.3 Å². The van der Waals surface area contributed by atoms with Crippen LogP contribution in [0.2, 0.25) is 0 Å². The van der Waals surface area contributed by atoms with Gasteiger partial charge in [-0.3, -0.25) is 0 Å². The topological polar surface area (TPSA) is 0 Å². The highest BCUT2D eigenvalue weighted by Crippen LogP contribution is 2.47. The van der Waals surface area contributed by atoms with Crippen LogP contribution in [0.4, 0.5) is 0 Å². The number of aryl methyl sites for hydroxylation is 2. The maximum absolute atomic E-state index is 2.40. The molecular formula is C50H36S. The number of benzene rings is 8. The number of hydrogen-bond donors (Lipinski definition) is 0. The summed E-state index contributed by atoms with van der Waals surface area (Å²) in [5.41, 5.74) is 16.3. The van der Waals surface area contributed by atoms with Crippen LogP contribution >= 0.6 is 11.3 Å². The summed E-state index contributed by atoms with van der Waals surface area (Å²) in [5.74, 6) is 0. The van der Waals surface area contributed by atoms with E-state index in [2.05, 4.69) is 196 Å². The predicted octanol–water partition coefficient (Wildman–Crippen LogP) is 14.7. The van der Waals surface area contributed by atoms with Crippen LogP contribution in [0.3, 0.4) is 0 Å². The fourth-order valence-corrected chi connectivity index (χ4v) is 8.68. The van der Waals surface area contributed by atoms with Gasteiger partial charge in [-0.05, 0) is 92.4 Å². The summed E-state index contributed by atoms with van der Waals surface area (Å²) in [5, 5.41) is 3.82. The van der Waals surface area contributed by atoms with Crippen LogP contribution in [0.15, 0.2) is 182 Å². The molecule has 0 aliphatic rings. The van der Waals surface area contributed by atoms with Crippen LogP contribution < -0.4 is 0 Å². The lowest BCUT2D eigenvalue weighted by Crippen LogP contribution is -1.90. The molecule has 0 unspecified atom stereocenters. The molecular weight excluding hydrogens is 633 g/mol. The average molecular weight is 669 g/mol. The van der Waals surface area contributed by atoms with E-state index in [1.165, 1.54) is 98.1 Å². The van der Waals surface area contributed by atoms with Gasteiger partial charge in [0, 0.05) is 20.5 Å². The van der Waals surface area contributed by atoms with Crippen molar-refractivity contribution in [3.63, 3.8) is 0 Å². The minimum atomic E-state index is 1.22. The van der Waals surface area contributed by atoms with Gasteiger partial charge in [0.2, 0.25) is 0 Å². The number of thiophene rings is 1. The Kier molecular flexibility index (Phi) is 7.92. The number of hydrogen-bond acceptors (Lipinski definition) is 1. The first kappa shape index (κ1) is 31.0. The van der Waals surface area contributed by atoms with Gasteiger partial charge in [0.25, 0.3) is 0 Å². The molecule has 1 aromatic heterocycles. The third-order valence-corrected chi connectivity index (χ3v) is 11.3. The fourth-order valence-electron chi connectivity index (χ4n) is 7.41. The Morgan fingerprint density at radius 2 is 0.843 bits per heavy atom. The lowest BCUT2D eigenvalue weighted by Gasteiger charge is -2.17. The highest BCUT2D eigenvalue weighted by atomic mass is 32.1. The first-order chi connectivity index (χ1) is 25.1. The summed E-state index contributed by atoms with van der Waals surface area (Å²) >= 11 is 1.90. The third-order valence-electron chi connectivity index (χ3n) is 10.1. The van der Waals surface area contributed by atoms with Crippen LogP contribution in [0, 0.1) is 13.8 Å². The van der Waals surface area contributed by atoms with Crippen LogP contribution in [-0.4, -0.2) is 0 Å². The highest BCUT2D eigenvalue weighted by Gasteiger charge is 2.19. The molecule has 242 valence electrons. The van der Waals surface area contributed by atoms with Crippen molar-refractivity contribution in [2.24, 2.45) is 0 Å². The largest absolute Gasteiger partial charge is 0.135 e. The Morgan fingerprint density at radius 1 is 0.314 bits per heavy atom. The Bertz CT molecular complexity index is 2660. The van der Waals surface area contributed by atoms with Gasteiger partial charge in [-0.1, -0.05) is 181 Å². The molecule has 0 nitrogen and oxygen atoms in total. The molecule has 0 radical (unpaired) electrons. The third kappa shape index (κ3) is 5.76. The summed E-state index contributed by atoms with van der Waals surface area (Å²) in [4.78, 5) is 1.32. The SMILES string of the molecule is Cc1ccc(-c2sc3cc(-c4ccc(-c5ccc(-c6ccccc6)cc5-c5ccccc5)c5ccccc45)ccc3c2-c2ccc(C)cc2)cc1. The van der Waals surface area contributed by atoms with E-state index in [0.29, 0.717) is 0 Å². The van der Waals surface area contributed by atoms with Gasteiger partial charge in [-0.25, -0.2) is 0 Å². The lowest BCUT2D eigenvalue weighted by molar-refractivity contribution is 1.47. The Balaban J connectivity index is 1.21. The van der Waals surface area contributed by atoms with Crippen molar-refractivity contribution in [2.45, 2.75) is 13.8 Å². The van der Waals surface area contributed by atoms with Gasteiger partial charge >= 0.3 is 0 Å². The Hall–Kier alpha value is -6.02. The zero-order valence-corrected chi connectivity index (χ0v) is 29.5. The van der Waals surface area contributed by atoms with E-state index in [0.717, 1.165) is 0 Å². The van der Waals surface area contributed by atoms with Crippen molar-refractivity contribution in [3.8, 4) is 66.1 Å². The molecule has 0 aliphatic heterocycles. The molecule has 0 spiro atoms. The van der Waals surface area contributed by atoms with E-state index in [-0.39, 0.29) is 0 Å². The Morgan fingerprint density at radius 3 is 1.53 bits per heavy atom. The zero-order chi connectivity index (χ0) is 34.3. The predicted molar refractivity (Wildman–Crippen MR) is 221 cm³/mol. The normalized spacial score (nSPS) is 11.3. The molecule has 0 aliphatic carbocycles. The smallest absolute Gasteiger partial charge is 0.0433 e. The molecule has 0 atom stereocenters. The first-order valence-corrected chi connectivity index (χ1v) is 18.4. The Labute approximate surface area is 304 Å². The van der Waals surface area contributed by atoms with Crippen LogP contribution in [-0.2, 0) is 0 Å². The summed E-state index contributed by atoms with van der Waals surface area (Å²) in [7, 11) is 0. The van der Waals surface area contributed by atoms with Gasteiger partial charge < -0.3 is 0 Å². The summed E-state index contributed by atoms with van der Waals surface area (Å²) in [6.45, 7) is 4.31. The second-order valence-electron chi connectivity index (χ2n) is 13.4. The molecule has 8 aromatic carbocycles. The molecule has 51 heavy (non-hydrogen) atoms. The van der Waals surface area contributed by atoms with Crippen molar-refractivity contribution < 1.29 is 0 Å². The molecule has 0 saturated heterocycles. The number of fused-ring (bicyclic) bond motifs is 2. The molecule has 0 fully saturated rings. The summed E-state index contributed by atoms with van der Waals surface area (Å²) in [6, 6.07) is 66.9. The van der Waals surface area contributed by atoms with Crippen molar-refractivity contribution in [1.29, 1.82) is 0 Å². The van der Waals surface area contributed by atoms with E-state index in [1.54, 1.807) is 0 Å². The van der Waals surface area contributed by atoms with Gasteiger partial charge in [0.05, 0.1) is 0 Å². The van der Waals surface area contributed by atoms with Gasteiger partial charge in [0.1, 0.15) is 0 Å². The molecule has 9 aromatic rings. The zero-order valence-electron chi connectivity index (χ0n) is 28.7. The highest BCUT2D eigenvalue weighted by molar-refractivity contribution is 7.23. The molecule has 9 rings (SSSR count). The lowest BCUT2D eigenvalue weighted by atomic mass is 9.87. The monoisotopic (exact) mass is 668 g/mol. The maximum atomic E-state index is 2.40. The van der Waals surface area contributed by atoms with Crippen LogP contribution in [0.1, 0.15) is 11.1 Å². The van der Waals surface area contributed by atoms with Crippen molar-refractivity contribution in [3.05, 3.63) is 193 Å². The van der Waals surface area contributed by atoms with Crippen LogP contribution in [0.25, 0.3) is 86.9 Å². The molecule has 0 N–H and O–H groups in total. The first-order valence-electron chi connectivity index (χ1n) is 17.6. The molecule has 0 bridgehead atoms. The summed E-state index contributed by atoms with van der Waals surface area (Å²) < 4.78 is 1.30. The van der Waals surface area contributed by atoms with E-state index < -0.39 is 0 Å². The minimum absolute atomic E-state index is 1.22. The van der Waals surface area contributed by atoms with Crippen molar-refractivity contribution >= 4 is 32.2 Å². The average Bonchev–Trinajstić information content (AvgIpc) is 3.57. The van der Waals surface area contributed by atoms with E-state index in [9.17, 15) is 0 Å². The van der Waals surface area contributed by atoms with Crippen LogP contribution in [0.5, 0.6) is 0 Å². The molecule has 0 saturated carbocycles. The molecule has 1 heteroatoms. The molecule has 0 amide bonds. The van der Waals surface area contributed by atoms with Gasteiger partial charge in [-0.2, -0.15) is 0 Å². The van der Waals surface area contributed by atoms with Crippen molar-refractivity contribution in [2.75, 3.05) is 0 Å². The maximum Gasteiger partial charge on any atom is 0.0433 e. The second-order valence-corrected chi connectivity index (χ2v) is 14.5. The van der Waals surface area contributed by atoms with E-state index >= 15 is 0 Å². The minimum Gasteiger partial charge on any atom is -0.135 e. The second kappa shape index (κ2) is 13.0. The van der Waals surface area contributed by atoms with Gasteiger partial charge in [0.15, 0.2) is 0 Å². The van der Waals surface area contributed by atoms with E-state index in [4.69, 9.17) is 0 Å². The fraction of sp³-hybridized carbons (Fsp3) is 0.0400. The molecule has 1 heterocycles. The number of rotatable bonds is 6. The van der Waals surface area contributed by atoms with E-state index in [1.807, 2.05) is 11.3 Å². The summed E-state index contributed by atoms with van der Waals surface area (Å²) in [6.07, 6.45) is 0.